The van der Waals surface area contributed by atoms with Crippen LogP contribution in [0.5, 0.6) is 11.5 Å². The monoisotopic (exact) mass is 250 g/mol. The first-order valence-electron chi connectivity index (χ1n) is 6.40. The van der Waals surface area contributed by atoms with E-state index in [1.54, 1.807) is 14.2 Å². The second-order valence-corrected chi connectivity index (χ2v) is 4.70. The molecule has 1 aromatic rings. The standard InChI is InChI=1S/C14H22N2O2/c1-10-6-14(18-3)11(7-13(10)17-2)8-16-12-4-5-15-9-12/h6-7,12,15-16H,4-5,8-9H2,1-3H3. The molecular formula is C14H22N2O2. The Hall–Kier alpha value is -1.26. The molecule has 0 bridgehead atoms. The average Bonchev–Trinajstić information content (AvgIpc) is 2.90. The highest BCUT2D eigenvalue weighted by Gasteiger charge is 2.15. The van der Waals surface area contributed by atoms with Crippen molar-refractivity contribution in [3.05, 3.63) is 23.3 Å². The molecule has 2 N–H and O–H groups in total. The van der Waals surface area contributed by atoms with Gasteiger partial charge in [-0.15, -0.1) is 0 Å². The predicted molar refractivity (Wildman–Crippen MR) is 72.4 cm³/mol. The summed E-state index contributed by atoms with van der Waals surface area (Å²) in [6, 6.07) is 4.65. The third-order valence-corrected chi connectivity index (χ3v) is 3.44. The van der Waals surface area contributed by atoms with Crippen LogP contribution >= 0.6 is 0 Å². The molecule has 0 amide bonds. The Bertz CT molecular complexity index is 401. The van der Waals surface area contributed by atoms with Gasteiger partial charge < -0.3 is 20.1 Å². The van der Waals surface area contributed by atoms with Crippen LogP contribution in [0.4, 0.5) is 0 Å². The van der Waals surface area contributed by atoms with E-state index in [4.69, 9.17) is 9.47 Å². The number of aryl methyl sites for hydroxylation is 1. The Morgan fingerprint density at radius 3 is 2.67 bits per heavy atom. The molecule has 1 unspecified atom stereocenters. The van der Waals surface area contributed by atoms with Gasteiger partial charge in [-0.3, -0.25) is 0 Å². The number of methoxy groups -OCH3 is 2. The van der Waals surface area contributed by atoms with Gasteiger partial charge in [-0.1, -0.05) is 0 Å². The molecule has 1 aliphatic heterocycles. The molecule has 0 aromatic heterocycles. The SMILES string of the molecule is COc1cc(CNC2CCNC2)c(OC)cc1C. The van der Waals surface area contributed by atoms with Crippen LogP contribution in [0.2, 0.25) is 0 Å². The summed E-state index contributed by atoms with van der Waals surface area (Å²) in [6.07, 6.45) is 1.19. The molecule has 4 nitrogen and oxygen atoms in total. The smallest absolute Gasteiger partial charge is 0.123 e. The van der Waals surface area contributed by atoms with E-state index in [1.165, 1.54) is 6.42 Å². The van der Waals surface area contributed by atoms with Gasteiger partial charge in [0.1, 0.15) is 11.5 Å². The second kappa shape index (κ2) is 6.07. The Morgan fingerprint density at radius 2 is 2.06 bits per heavy atom. The first-order chi connectivity index (χ1) is 8.74. The lowest BCUT2D eigenvalue weighted by Crippen LogP contribution is -2.30. The topological polar surface area (TPSA) is 42.5 Å². The van der Waals surface area contributed by atoms with Crippen molar-refractivity contribution in [1.82, 2.24) is 10.6 Å². The highest BCUT2D eigenvalue weighted by Crippen LogP contribution is 2.28. The van der Waals surface area contributed by atoms with Gasteiger partial charge in [0.25, 0.3) is 0 Å². The highest BCUT2D eigenvalue weighted by atomic mass is 16.5. The molecule has 0 aliphatic carbocycles. The molecule has 100 valence electrons. The maximum Gasteiger partial charge on any atom is 0.123 e. The second-order valence-electron chi connectivity index (χ2n) is 4.70. The lowest BCUT2D eigenvalue weighted by molar-refractivity contribution is 0.393. The molecule has 18 heavy (non-hydrogen) atoms. The minimum atomic E-state index is 0.557. The van der Waals surface area contributed by atoms with Crippen LogP contribution in [0.25, 0.3) is 0 Å². The zero-order valence-electron chi connectivity index (χ0n) is 11.4. The van der Waals surface area contributed by atoms with Crippen molar-refractivity contribution in [3.8, 4) is 11.5 Å². The minimum Gasteiger partial charge on any atom is -0.496 e. The lowest BCUT2D eigenvalue weighted by Gasteiger charge is -2.16. The lowest BCUT2D eigenvalue weighted by atomic mass is 10.1. The van der Waals surface area contributed by atoms with Gasteiger partial charge in [0.15, 0.2) is 0 Å². The zero-order valence-corrected chi connectivity index (χ0v) is 11.4. The van der Waals surface area contributed by atoms with Crippen molar-refractivity contribution in [3.63, 3.8) is 0 Å². The van der Waals surface area contributed by atoms with Crippen LogP contribution in [0.3, 0.4) is 0 Å². The van der Waals surface area contributed by atoms with Crippen molar-refractivity contribution in [1.29, 1.82) is 0 Å². The molecule has 0 radical (unpaired) electrons. The van der Waals surface area contributed by atoms with E-state index in [-0.39, 0.29) is 0 Å². The van der Waals surface area contributed by atoms with E-state index < -0.39 is 0 Å². The first kappa shape index (κ1) is 13.2. The Kier molecular flexibility index (Phi) is 4.44. The maximum absolute atomic E-state index is 5.43. The summed E-state index contributed by atoms with van der Waals surface area (Å²) in [6.45, 7) is 4.99. The third kappa shape index (κ3) is 2.94. The molecular weight excluding hydrogens is 228 g/mol. The van der Waals surface area contributed by atoms with Gasteiger partial charge in [0, 0.05) is 24.7 Å². The van der Waals surface area contributed by atoms with Gasteiger partial charge in [0.05, 0.1) is 14.2 Å². The summed E-state index contributed by atoms with van der Waals surface area (Å²) >= 11 is 0. The van der Waals surface area contributed by atoms with Gasteiger partial charge in [0.2, 0.25) is 0 Å². The van der Waals surface area contributed by atoms with Crippen LogP contribution in [0.15, 0.2) is 12.1 Å². The number of rotatable bonds is 5. The van der Waals surface area contributed by atoms with E-state index in [0.29, 0.717) is 6.04 Å². The first-order valence-corrected chi connectivity index (χ1v) is 6.40. The van der Waals surface area contributed by atoms with Gasteiger partial charge in [-0.2, -0.15) is 0 Å². The largest absolute Gasteiger partial charge is 0.496 e. The number of benzene rings is 1. The summed E-state index contributed by atoms with van der Waals surface area (Å²) in [5.74, 6) is 1.84. The molecule has 2 rings (SSSR count). The van der Waals surface area contributed by atoms with Crippen LogP contribution in [0, 0.1) is 6.92 Å². The van der Waals surface area contributed by atoms with Crippen molar-refractivity contribution in [2.45, 2.75) is 25.9 Å². The van der Waals surface area contributed by atoms with E-state index in [9.17, 15) is 0 Å². The van der Waals surface area contributed by atoms with Gasteiger partial charge >= 0.3 is 0 Å². The van der Waals surface area contributed by atoms with E-state index >= 15 is 0 Å². The number of hydrogen-bond donors (Lipinski definition) is 2. The quantitative estimate of drug-likeness (QED) is 0.830. The normalized spacial score (nSPS) is 18.9. The number of hydrogen-bond acceptors (Lipinski definition) is 4. The van der Waals surface area contributed by atoms with Crippen molar-refractivity contribution in [2.75, 3.05) is 27.3 Å². The summed E-state index contributed by atoms with van der Waals surface area (Å²) < 4.78 is 10.8. The fourth-order valence-corrected chi connectivity index (χ4v) is 2.33. The average molecular weight is 250 g/mol. The zero-order chi connectivity index (χ0) is 13.0. The van der Waals surface area contributed by atoms with E-state index in [0.717, 1.165) is 42.3 Å². The van der Waals surface area contributed by atoms with Crippen LogP contribution < -0.4 is 20.1 Å². The highest BCUT2D eigenvalue weighted by molar-refractivity contribution is 5.45. The van der Waals surface area contributed by atoms with Crippen LogP contribution in [-0.4, -0.2) is 33.4 Å². The molecule has 0 spiro atoms. The maximum atomic E-state index is 5.43. The van der Waals surface area contributed by atoms with Crippen LogP contribution in [0.1, 0.15) is 17.5 Å². The summed E-state index contributed by atoms with van der Waals surface area (Å²) in [5.41, 5.74) is 2.24. The Morgan fingerprint density at radius 1 is 1.28 bits per heavy atom. The Labute approximate surface area is 109 Å². The molecule has 1 atom stereocenters. The summed E-state index contributed by atoms with van der Waals surface area (Å²) in [4.78, 5) is 0. The summed E-state index contributed by atoms with van der Waals surface area (Å²) in [7, 11) is 3.41. The molecule has 1 heterocycles. The van der Waals surface area contributed by atoms with Crippen LogP contribution in [-0.2, 0) is 6.54 Å². The molecule has 1 fully saturated rings. The van der Waals surface area contributed by atoms with Crippen molar-refractivity contribution >= 4 is 0 Å². The molecule has 1 aromatic carbocycles. The van der Waals surface area contributed by atoms with Gasteiger partial charge in [-0.25, -0.2) is 0 Å². The summed E-state index contributed by atoms with van der Waals surface area (Å²) in [5, 5.41) is 6.90. The van der Waals surface area contributed by atoms with E-state index in [1.807, 2.05) is 13.0 Å². The predicted octanol–water partition coefficient (Wildman–Crippen LogP) is 1.46. The Balaban J connectivity index is 2.09. The third-order valence-electron chi connectivity index (χ3n) is 3.44. The van der Waals surface area contributed by atoms with E-state index in [2.05, 4.69) is 16.7 Å². The molecule has 1 saturated heterocycles. The minimum absolute atomic E-state index is 0.557. The number of nitrogens with one attached hydrogen (secondary N) is 2. The molecule has 0 saturated carbocycles. The fourth-order valence-electron chi connectivity index (χ4n) is 2.33. The van der Waals surface area contributed by atoms with Crippen molar-refractivity contribution in [2.24, 2.45) is 0 Å². The molecule has 4 heteroatoms. The van der Waals surface area contributed by atoms with Crippen molar-refractivity contribution < 1.29 is 9.47 Å². The molecule has 1 aliphatic rings. The number of ether oxygens (including phenoxy) is 2. The fraction of sp³-hybridized carbons (Fsp3) is 0.571. The van der Waals surface area contributed by atoms with Gasteiger partial charge in [-0.05, 0) is 37.6 Å².